The number of unbranched alkanes of at least 4 members (excludes halogenated alkanes) is 13. The van der Waals surface area contributed by atoms with E-state index >= 15 is 0 Å². The number of rotatable bonds is 29. The van der Waals surface area contributed by atoms with Crippen LogP contribution in [0.15, 0.2) is 0 Å². The van der Waals surface area contributed by atoms with Crippen LogP contribution in [0, 0.1) is 11.8 Å². The standard InChI is InChI=1S/C35H67N3O5/c1-7-8-9-10-11-12-13-14-15-16-17-18-19-23-33(40)38-31(35(42)43)24-25-32(39)36-26-21-20-22-30(37-28(4)5)34(41)29(6)27(2)3/h27-31,37H,7-26H2,1-6H3,(H,36,39)(H,38,40)(H,42,43). The number of carbonyl (C=O) groups excluding carboxylic acids is 3. The van der Waals surface area contributed by atoms with Crippen LogP contribution in [-0.2, 0) is 19.2 Å². The quantitative estimate of drug-likeness (QED) is 0.0658. The predicted octanol–water partition coefficient (Wildman–Crippen LogP) is 7.33. The van der Waals surface area contributed by atoms with Crippen molar-refractivity contribution >= 4 is 23.6 Å². The lowest BCUT2D eigenvalue weighted by atomic mass is 9.87. The number of carboxylic acid groups (broad SMARTS) is 1. The maximum absolute atomic E-state index is 12.8. The lowest BCUT2D eigenvalue weighted by molar-refractivity contribution is -0.142. The van der Waals surface area contributed by atoms with E-state index in [-0.39, 0.29) is 48.4 Å². The van der Waals surface area contributed by atoms with Gasteiger partial charge in [-0.2, -0.15) is 0 Å². The molecule has 4 N–H and O–H groups in total. The van der Waals surface area contributed by atoms with Crippen LogP contribution in [0.4, 0.5) is 0 Å². The number of Topliss-reactive ketones (excluding diaryl/α,β-unsaturated/α-hetero) is 1. The summed E-state index contributed by atoms with van der Waals surface area (Å²) in [4.78, 5) is 49.1. The molecule has 43 heavy (non-hydrogen) atoms. The predicted molar refractivity (Wildman–Crippen MR) is 177 cm³/mol. The Kier molecular flexibility index (Phi) is 25.2. The van der Waals surface area contributed by atoms with Gasteiger partial charge >= 0.3 is 5.97 Å². The van der Waals surface area contributed by atoms with Gasteiger partial charge in [0.25, 0.3) is 0 Å². The molecule has 0 saturated carbocycles. The summed E-state index contributed by atoms with van der Waals surface area (Å²) in [5, 5.41) is 18.3. The van der Waals surface area contributed by atoms with Crippen LogP contribution in [0.25, 0.3) is 0 Å². The van der Waals surface area contributed by atoms with E-state index in [0.717, 1.165) is 38.5 Å². The zero-order valence-corrected chi connectivity index (χ0v) is 28.6. The van der Waals surface area contributed by atoms with Crippen molar-refractivity contribution in [1.29, 1.82) is 0 Å². The molecule has 0 fully saturated rings. The first-order valence-electron chi connectivity index (χ1n) is 17.6. The molecule has 8 nitrogen and oxygen atoms in total. The van der Waals surface area contributed by atoms with Gasteiger partial charge in [0.2, 0.25) is 11.8 Å². The third kappa shape index (κ3) is 23.1. The Morgan fingerprint density at radius 1 is 0.605 bits per heavy atom. The first-order valence-corrected chi connectivity index (χ1v) is 17.6. The monoisotopic (exact) mass is 610 g/mol. The molecule has 0 aliphatic heterocycles. The number of amides is 2. The van der Waals surface area contributed by atoms with Crippen LogP contribution < -0.4 is 16.0 Å². The topological polar surface area (TPSA) is 125 Å². The van der Waals surface area contributed by atoms with E-state index in [1.54, 1.807) is 0 Å². The maximum Gasteiger partial charge on any atom is 0.326 e. The molecule has 252 valence electrons. The molecule has 0 heterocycles. The van der Waals surface area contributed by atoms with Crippen molar-refractivity contribution in [3.8, 4) is 0 Å². The van der Waals surface area contributed by atoms with Crippen molar-refractivity contribution in [2.45, 2.75) is 182 Å². The fraction of sp³-hybridized carbons (Fsp3) is 0.886. The van der Waals surface area contributed by atoms with E-state index in [9.17, 15) is 24.3 Å². The van der Waals surface area contributed by atoms with E-state index in [1.807, 2.05) is 20.8 Å². The molecular formula is C35H67N3O5. The van der Waals surface area contributed by atoms with Gasteiger partial charge < -0.3 is 21.1 Å². The summed E-state index contributed by atoms with van der Waals surface area (Å²) < 4.78 is 0. The highest BCUT2D eigenvalue weighted by atomic mass is 16.4. The minimum atomic E-state index is -1.12. The fourth-order valence-corrected chi connectivity index (χ4v) is 5.25. The summed E-state index contributed by atoms with van der Waals surface area (Å²) in [6.07, 6.45) is 18.6. The van der Waals surface area contributed by atoms with Crippen molar-refractivity contribution < 1.29 is 24.3 Å². The molecule has 0 rings (SSSR count). The minimum absolute atomic E-state index is 0.00649. The van der Waals surface area contributed by atoms with Gasteiger partial charge in [0.1, 0.15) is 6.04 Å². The van der Waals surface area contributed by atoms with Gasteiger partial charge in [0.05, 0.1) is 6.04 Å². The molecule has 0 radical (unpaired) electrons. The van der Waals surface area contributed by atoms with Gasteiger partial charge in [-0.05, 0) is 38.0 Å². The Bertz CT molecular complexity index is 756. The molecule has 0 spiro atoms. The van der Waals surface area contributed by atoms with Crippen LogP contribution >= 0.6 is 0 Å². The molecule has 3 unspecified atom stereocenters. The molecule has 8 heteroatoms. The highest BCUT2D eigenvalue weighted by Crippen LogP contribution is 2.16. The summed E-state index contributed by atoms with van der Waals surface area (Å²) in [5.74, 6) is -1.07. The Morgan fingerprint density at radius 3 is 1.63 bits per heavy atom. The summed E-state index contributed by atoms with van der Waals surface area (Å²) in [6.45, 7) is 12.9. The molecule has 0 aromatic carbocycles. The van der Waals surface area contributed by atoms with Gasteiger partial charge in [0.15, 0.2) is 5.78 Å². The van der Waals surface area contributed by atoms with Crippen LogP contribution in [0.2, 0.25) is 0 Å². The first kappa shape index (κ1) is 41.0. The molecule has 0 aromatic heterocycles. The number of carbonyl (C=O) groups is 4. The van der Waals surface area contributed by atoms with Gasteiger partial charge in [-0.1, -0.05) is 119 Å². The third-order valence-corrected chi connectivity index (χ3v) is 8.37. The van der Waals surface area contributed by atoms with E-state index < -0.39 is 12.0 Å². The lowest BCUT2D eigenvalue weighted by Crippen LogP contribution is -2.44. The van der Waals surface area contributed by atoms with Crippen molar-refractivity contribution in [2.75, 3.05) is 6.54 Å². The molecular weight excluding hydrogens is 542 g/mol. The summed E-state index contributed by atoms with van der Waals surface area (Å²) in [7, 11) is 0. The smallest absolute Gasteiger partial charge is 0.326 e. The van der Waals surface area contributed by atoms with Crippen molar-refractivity contribution in [2.24, 2.45) is 11.8 Å². The highest BCUT2D eigenvalue weighted by molar-refractivity contribution is 5.86. The van der Waals surface area contributed by atoms with E-state index in [2.05, 4.69) is 36.7 Å². The number of hydrogen-bond acceptors (Lipinski definition) is 5. The van der Waals surface area contributed by atoms with Crippen LogP contribution in [0.3, 0.4) is 0 Å². The minimum Gasteiger partial charge on any atom is -0.480 e. The number of nitrogens with one attached hydrogen (secondary N) is 3. The molecule has 0 aromatic rings. The second kappa shape index (κ2) is 26.4. The van der Waals surface area contributed by atoms with Crippen LogP contribution in [0.5, 0.6) is 0 Å². The van der Waals surface area contributed by atoms with Gasteiger partial charge in [-0.25, -0.2) is 4.79 Å². The normalized spacial score (nSPS) is 13.6. The number of hydrogen-bond donors (Lipinski definition) is 4. The van der Waals surface area contributed by atoms with Crippen LogP contribution in [-0.4, -0.2) is 53.3 Å². The zero-order chi connectivity index (χ0) is 32.5. The van der Waals surface area contributed by atoms with Gasteiger partial charge in [-0.3, -0.25) is 14.4 Å². The molecule has 2 amide bonds. The highest BCUT2D eigenvalue weighted by Gasteiger charge is 2.26. The second-order valence-corrected chi connectivity index (χ2v) is 13.1. The SMILES string of the molecule is CCCCCCCCCCCCCCCC(=O)NC(CCC(=O)NCCCCC(NC(C)C)C(=O)C(C)C(C)C)C(=O)O. The average molecular weight is 610 g/mol. The Morgan fingerprint density at radius 2 is 1.14 bits per heavy atom. The first-order chi connectivity index (χ1) is 20.5. The van der Waals surface area contributed by atoms with Crippen molar-refractivity contribution in [3.63, 3.8) is 0 Å². The number of carboxylic acids is 1. The largest absolute Gasteiger partial charge is 0.480 e. The Labute approximate surface area is 263 Å². The molecule has 0 bridgehead atoms. The molecule has 0 saturated heterocycles. The molecule has 3 atom stereocenters. The zero-order valence-electron chi connectivity index (χ0n) is 28.6. The second-order valence-electron chi connectivity index (χ2n) is 13.1. The number of ketones is 1. The summed E-state index contributed by atoms with van der Waals surface area (Å²) >= 11 is 0. The average Bonchev–Trinajstić information content (AvgIpc) is 2.95. The van der Waals surface area contributed by atoms with Gasteiger partial charge in [0, 0.05) is 31.3 Å². The third-order valence-electron chi connectivity index (χ3n) is 8.37. The van der Waals surface area contributed by atoms with E-state index in [1.165, 1.54) is 64.2 Å². The van der Waals surface area contributed by atoms with E-state index in [4.69, 9.17) is 0 Å². The number of aliphatic carboxylic acids is 1. The van der Waals surface area contributed by atoms with Crippen molar-refractivity contribution in [3.05, 3.63) is 0 Å². The summed E-state index contributed by atoms with van der Waals surface area (Å²) in [6, 6.07) is -1.03. The van der Waals surface area contributed by atoms with Gasteiger partial charge in [-0.15, -0.1) is 0 Å². The molecule has 0 aliphatic rings. The Balaban J connectivity index is 4.07. The van der Waals surface area contributed by atoms with E-state index in [0.29, 0.717) is 18.9 Å². The van der Waals surface area contributed by atoms with Crippen LogP contribution in [0.1, 0.15) is 164 Å². The summed E-state index contributed by atoms with van der Waals surface area (Å²) in [5.41, 5.74) is 0. The van der Waals surface area contributed by atoms with Crippen molar-refractivity contribution in [1.82, 2.24) is 16.0 Å². The lowest BCUT2D eigenvalue weighted by Gasteiger charge is -2.25. The Hall–Kier alpha value is -1.96. The molecule has 0 aliphatic carbocycles. The fourth-order valence-electron chi connectivity index (χ4n) is 5.25. The maximum atomic E-state index is 12.8.